The maximum Gasteiger partial charge on any atom is 0.334 e. The van der Waals surface area contributed by atoms with Crippen molar-refractivity contribution in [2.24, 2.45) is 0 Å². The second-order valence-corrected chi connectivity index (χ2v) is 8.10. The fraction of sp³-hybridized carbons (Fsp3) is 0.478. The zero-order valence-electron chi connectivity index (χ0n) is 16.6. The number of benzene rings is 1. The smallest absolute Gasteiger partial charge is 0.292 e. The van der Waals surface area contributed by atoms with Gasteiger partial charge in [0.2, 0.25) is 0 Å². The number of hydrogen-bond acceptors (Lipinski definition) is 4. The molecule has 1 aromatic rings. The maximum absolute atomic E-state index is 12.7. The summed E-state index contributed by atoms with van der Waals surface area (Å²) in [6, 6.07) is 4.91. The summed E-state index contributed by atoms with van der Waals surface area (Å²) in [6.07, 6.45) is 11.3. The van der Waals surface area contributed by atoms with Gasteiger partial charge in [-0.1, -0.05) is 23.8 Å². The number of ketones is 1. The summed E-state index contributed by atoms with van der Waals surface area (Å²) in [4.78, 5) is 51.7. The topological polar surface area (TPSA) is 74.8 Å². The van der Waals surface area contributed by atoms with Gasteiger partial charge in [-0.15, -0.1) is 0 Å². The van der Waals surface area contributed by atoms with E-state index in [4.69, 9.17) is 0 Å². The average Bonchev–Trinajstić information content (AvgIpc) is 2.95. The molecule has 1 aliphatic heterocycles. The number of imide groups is 2. The van der Waals surface area contributed by atoms with Crippen molar-refractivity contribution in [3.63, 3.8) is 0 Å². The van der Waals surface area contributed by atoms with E-state index < -0.39 is 17.8 Å². The van der Waals surface area contributed by atoms with Crippen LogP contribution in [0.1, 0.15) is 66.4 Å². The van der Waals surface area contributed by atoms with Gasteiger partial charge in [-0.2, -0.15) is 0 Å². The fourth-order valence-electron chi connectivity index (χ4n) is 4.42. The summed E-state index contributed by atoms with van der Waals surface area (Å²) in [5.74, 6) is -2.05. The van der Waals surface area contributed by atoms with Gasteiger partial charge in [0, 0.05) is 12.1 Å². The quantitative estimate of drug-likeness (QED) is 0.321. The number of hydrogen-bond donors (Lipinski definition) is 0. The van der Waals surface area contributed by atoms with E-state index in [1.54, 1.807) is 6.07 Å². The predicted octanol–water partition coefficient (Wildman–Crippen LogP) is 3.43. The van der Waals surface area contributed by atoms with E-state index in [0.29, 0.717) is 12.0 Å². The number of amides is 4. The van der Waals surface area contributed by atoms with Crippen LogP contribution in [0.3, 0.4) is 0 Å². The normalized spacial score (nSPS) is 19.4. The van der Waals surface area contributed by atoms with E-state index in [-0.39, 0.29) is 18.9 Å². The lowest BCUT2D eigenvalue weighted by Crippen LogP contribution is -2.37. The van der Waals surface area contributed by atoms with Gasteiger partial charge in [0.25, 0.3) is 0 Å². The SMILES string of the molecule is O=C(CN1C(=O)C(=O)N(CCC2=CCCCC2)C1=O)c1ccc2c(c1)CCCC2. The van der Waals surface area contributed by atoms with Gasteiger partial charge in [-0.05, 0) is 75.0 Å². The molecule has 4 amide bonds. The molecule has 0 spiro atoms. The number of rotatable bonds is 6. The van der Waals surface area contributed by atoms with E-state index in [0.717, 1.165) is 54.7 Å². The highest BCUT2D eigenvalue weighted by molar-refractivity contribution is 6.45. The van der Waals surface area contributed by atoms with Gasteiger partial charge >= 0.3 is 17.8 Å². The third kappa shape index (κ3) is 4.02. The van der Waals surface area contributed by atoms with Crippen LogP contribution in [0.4, 0.5) is 4.79 Å². The highest BCUT2D eigenvalue weighted by Crippen LogP contribution is 2.24. The van der Waals surface area contributed by atoms with E-state index in [9.17, 15) is 19.2 Å². The standard InChI is InChI=1S/C23H26N2O4/c26-20(19-11-10-17-8-4-5-9-18(17)14-19)15-25-22(28)21(27)24(23(25)29)13-12-16-6-2-1-3-7-16/h6,10-11,14H,1-5,7-9,12-13,15H2. The molecular weight excluding hydrogens is 368 g/mol. The van der Waals surface area contributed by atoms with Crippen molar-refractivity contribution in [2.75, 3.05) is 13.1 Å². The first kappa shape index (κ1) is 19.6. The predicted molar refractivity (Wildman–Crippen MR) is 107 cm³/mol. The van der Waals surface area contributed by atoms with Gasteiger partial charge < -0.3 is 0 Å². The maximum atomic E-state index is 12.7. The van der Waals surface area contributed by atoms with Crippen molar-refractivity contribution >= 4 is 23.6 Å². The van der Waals surface area contributed by atoms with Crippen LogP contribution in [-0.2, 0) is 22.4 Å². The number of urea groups is 1. The molecule has 0 N–H and O–H groups in total. The molecule has 0 saturated carbocycles. The summed E-state index contributed by atoms with van der Waals surface area (Å²) in [7, 11) is 0. The van der Waals surface area contributed by atoms with Crippen molar-refractivity contribution in [1.82, 2.24) is 9.80 Å². The lowest BCUT2D eigenvalue weighted by molar-refractivity contribution is -0.143. The number of nitrogens with zero attached hydrogens (tertiary/aromatic N) is 2. The molecule has 0 radical (unpaired) electrons. The van der Waals surface area contributed by atoms with Gasteiger partial charge in [-0.3, -0.25) is 19.3 Å². The molecule has 1 fully saturated rings. The number of allylic oxidation sites excluding steroid dienone is 1. The van der Waals surface area contributed by atoms with E-state index in [1.165, 1.54) is 23.1 Å². The number of carbonyl (C=O) groups excluding carboxylic acids is 4. The van der Waals surface area contributed by atoms with Gasteiger partial charge in [-0.25, -0.2) is 9.69 Å². The van der Waals surface area contributed by atoms with Crippen molar-refractivity contribution in [3.05, 3.63) is 46.5 Å². The molecule has 0 atom stereocenters. The average molecular weight is 394 g/mol. The molecule has 0 bridgehead atoms. The first-order chi connectivity index (χ1) is 14.0. The van der Waals surface area contributed by atoms with Crippen LogP contribution in [0.5, 0.6) is 0 Å². The monoisotopic (exact) mass is 394 g/mol. The molecule has 1 saturated heterocycles. The number of fused-ring (bicyclic) bond motifs is 1. The molecule has 1 aromatic carbocycles. The van der Waals surface area contributed by atoms with Crippen LogP contribution in [0.25, 0.3) is 0 Å². The first-order valence-electron chi connectivity index (χ1n) is 10.5. The molecule has 1 heterocycles. The molecular formula is C23H26N2O4. The Labute approximate surface area is 170 Å². The Kier molecular flexibility index (Phi) is 5.60. The van der Waals surface area contributed by atoms with Crippen LogP contribution in [0.15, 0.2) is 29.8 Å². The van der Waals surface area contributed by atoms with E-state index in [1.807, 2.05) is 12.1 Å². The van der Waals surface area contributed by atoms with Crippen LogP contribution in [0.2, 0.25) is 0 Å². The Bertz CT molecular complexity index is 902. The zero-order valence-corrected chi connectivity index (χ0v) is 16.6. The Hall–Kier alpha value is -2.76. The molecule has 4 rings (SSSR count). The third-order valence-corrected chi connectivity index (χ3v) is 6.15. The van der Waals surface area contributed by atoms with Crippen molar-refractivity contribution in [1.29, 1.82) is 0 Å². The van der Waals surface area contributed by atoms with Crippen LogP contribution in [-0.4, -0.2) is 46.5 Å². The first-order valence-corrected chi connectivity index (χ1v) is 10.5. The molecule has 6 nitrogen and oxygen atoms in total. The summed E-state index contributed by atoms with van der Waals surface area (Å²) >= 11 is 0. The minimum absolute atomic E-state index is 0.193. The molecule has 0 aromatic heterocycles. The van der Waals surface area contributed by atoms with Crippen molar-refractivity contribution in [3.8, 4) is 0 Å². The summed E-state index contributed by atoms with van der Waals surface area (Å²) in [5.41, 5.74) is 4.15. The van der Waals surface area contributed by atoms with Crippen molar-refractivity contribution < 1.29 is 19.2 Å². The summed E-state index contributed by atoms with van der Waals surface area (Å²) in [6.45, 7) is -0.194. The molecule has 6 heteroatoms. The zero-order chi connectivity index (χ0) is 20.4. The largest absolute Gasteiger partial charge is 0.334 e. The van der Waals surface area contributed by atoms with Crippen LogP contribution >= 0.6 is 0 Å². The highest BCUT2D eigenvalue weighted by Gasteiger charge is 2.44. The van der Waals surface area contributed by atoms with E-state index >= 15 is 0 Å². The number of Topliss-reactive ketones (excluding diaryl/α,β-unsaturated/α-hetero) is 1. The Morgan fingerprint density at radius 1 is 0.862 bits per heavy atom. The minimum Gasteiger partial charge on any atom is -0.292 e. The van der Waals surface area contributed by atoms with Gasteiger partial charge in [0.05, 0.1) is 6.54 Å². The Morgan fingerprint density at radius 2 is 1.59 bits per heavy atom. The second kappa shape index (κ2) is 8.31. The van der Waals surface area contributed by atoms with Crippen molar-refractivity contribution in [2.45, 2.75) is 57.8 Å². The number of carbonyl (C=O) groups is 4. The molecule has 3 aliphatic rings. The Balaban J connectivity index is 1.42. The second-order valence-electron chi connectivity index (χ2n) is 8.10. The fourth-order valence-corrected chi connectivity index (χ4v) is 4.42. The number of aryl methyl sites for hydroxylation is 2. The summed E-state index contributed by atoms with van der Waals surface area (Å²) in [5, 5.41) is 0. The lowest BCUT2D eigenvalue weighted by Gasteiger charge is -2.18. The molecule has 152 valence electrons. The van der Waals surface area contributed by atoms with Gasteiger partial charge in [0.15, 0.2) is 5.78 Å². The molecule has 2 aliphatic carbocycles. The Morgan fingerprint density at radius 3 is 2.34 bits per heavy atom. The lowest BCUT2D eigenvalue weighted by atomic mass is 9.90. The van der Waals surface area contributed by atoms with Crippen LogP contribution in [0, 0.1) is 0 Å². The minimum atomic E-state index is -0.904. The van der Waals surface area contributed by atoms with Gasteiger partial charge in [0.1, 0.15) is 0 Å². The summed E-state index contributed by atoms with van der Waals surface area (Å²) < 4.78 is 0. The third-order valence-electron chi connectivity index (χ3n) is 6.15. The van der Waals surface area contributed by atoms with E-state index in [2.05, 4.69) is 6.08 Å². The molecule has 0 unspecified atom stereocenters. The molecule has 29 heavy (non-hydrogen) atoms. The van der Waals surface area contributed by atoms with Crippen LogP contribution < -0.4 is 0 Å². The highest BCUT2D eigenvalue weighted by atomic mass is 16.2.